The number of aromatic nitrogens is 2. The van der Waals surface area contributed by atoms with E-state index in [1.165, 1.54) is 17.4 Å². The number of nitrogens with zero attached hydrogens (tertiary/aromatic N) is 2. The monoisotopic (exact) mass is 549 g/mol. The molecule has 0 radical (unpaired) electrons. The lowest BCUT2D eigenvalue weighted by Gasteiger charge is -2.14. The van der Waals surface area contributed by atoms with Gasteiger partial charge in [-0.05, 0) is 54.3 Å². The van der Waals surface area contributed by atoms with Crippen LogP contribution in [0.3, 0.4) is 0 Å². The van der Waals surface area contributed by atoms with Gasteiger partial charge >= 0.3 is 12.1 Å². The number of rotatable bonds is 7. The molecule has 3 aromatic heterocycles. The second-order valence-electron chi connectivity index (χ2n) is 8.89. The highest BCUT2D eigenvalue weighted by molar-refractivity contribution is 7.31. The minimum atomic E-state index is -1.07. The number of ether oxygens (including phenoxy) is 1. The van der Waals surface area contributed by atoms with Crippen molar-refractivity contribution in [2.75, 3.05) is 5.32 Å². The van der Waals surface area contributed by atoms with Crippen LogP contribution in [0, 0.1) is 12.7 Å². The van der Waals surface area contributed by atoms with Crippen LogP contribution in [0.15, 0.2) is 60.8 Å². The topological polar surface area (TPSA) is 93.5 Å². The van der Waals surface area contributed by atoms with Gasteiger partial charge in [0.25, 0.3) is 0 Å². The van der Waals surface area contributed by atoms with Crippen LogP contribution < -0.4 is 5.32 Å². The zero-order valence-electron chi connectivity index (χ0n) is 20.8. The average molecular weight is 550 g/mol. The Morgan fingerprint density at radius 1 is 1.08 bits per heavy atom. The number of carbonyl (C=O) groups excluding carboxylic acids is 1. The number of halogens is 1. The van der Waals surface area contributed by atoms with Crippen molar-refractivity contribution in [3.05, 3.63) is 83.3 Å². The number of carboxylic acids is 1. The van der Waals surface area contributed by atoms with E-state index in [0.717, 1.165) is 41.4 Å². The number of nitrogens with one attached hydrogen (secondary N) is 1. The zero-order chi connectivity index (χ0) is 27.0. The van der Waals surface area contributed by atoms with Crippen LogP contribution in [0.1, 0.15) is 29.7 Å². The molecule has 0 spiro atoms. The number of hydrogen-bond donors (Lipinski definition) is 2. The second-order valence-corrected chi connectivity index (χ2v) is 11.1. The van der Waals surface area contributed by atoms with E-state index in [2.05, 4.69) is 10.4 Å². The molecule has 1 amide bonds. The third-order valence-electron chi connectivity index (χ3n) is 6.19. The minimum Gasteiger partial charge on any atom is -0.481 e. The van der Waals surface area contributed by atoms with Gasteiger partial charge in [-0.2, -0.15) is 5.10 Å². The maximum Gasteiger partial charge on any atom is 0.413 e. The van der Waals surface area contributed by atoms with Crippen LogP contribution in [-0.4, -0.2) is 26.9 Å². The highest BCUT2D eigenvalue weighted by atomic mass is 32.1. The van der Waals surface area contributed by atoms with Gasteiger partial charge < -0.3 is 9.84 Å². The number of hydrogen-bond acceptors (Lipinski definition) is 6. The fourth-order valence-corrected chi connectivity index (χ4v) is 6.74. The summed E-state index contributed by atoms with van der Waals surface area (Å²) >= 11 is 3.08. The first-order valence-corrected chi connectivity index (χ1v) is 13.4. The predicted molar refractivity (Wildman–Crippen MR) is 148 cm³/mol. The van der Waals surface area contributed by atoms with Gasteiger partial charge in [0.15, 0.2) is 0 Å². The van der Waals surface area contributed by atoms with Gasteiger partial charge in [0.1, 0.15) is 17.7 Å². The van der Waals surface area contributed by atoms with Crippen molar-refractivity contribution in [3.8, 4) is 20.9 Å². The van der Waals surface area contributed by atoms with Gasteiger partial charge in [-0.15, -0.1) is 22.7 Å². The molecular formula is C28H24FN3O4S2. The van der Waals surface area contributed by atoms with Gasteiger partial charge in [-0.1, -0.05) is 36.4 Å². The van der Waals surface area contributed by atoms with E-state index in [4.69, 9.17) is 9.84 Å². The highest BCUT2D eigenvalue weighted by Crippen LogP contribution is 2.44. The standard InChI is InChI=1S/C28H24FN3O4S2/c1-15-9-18(10-26(33)34)21(29)11-19(15)22-12-24-25(37-22)13-23(38-24)20-14-30-32(3)27(20)31-28(35)36-16(2)17-7-5-4-6-8-17/h4-9,11-14,16H,10H2,1-3H3,(H,31,35)(H,33,34)/t16-/m1/s1. The molecular weight excluding hydrogens is 525 g/mol. The maximum atomic E-state index is 14.6. The Kier molecular flexibility index (Phi) is 7.00. The van der Waals surface area contributed by atoms with Crippen LogP contribution in [0.25, 0.3) is 30.3 Å². The Hall–Kier alpha value is -4.02. The van der Waals surface area contributed by atoms with Crippen molar-refractivity contribution in [3.63, 3.8) is 0 Å². The molecule has 2 aromatic carbocycles. The number of fused-ring (bicyclic) bond motifs is 1. The van der Waals surface area contributed by atoms with Crippen molar-refractivity contribution in [1.82, 2.24) is 9.78 Å². The maximum absolute atomic E-state index is 14.6. The van der Waals surface area contributed by atoms with Crippen LogP contribution in [0.5, 0.6) is 0 Å². The smallest absolute Gasteiger partial charge is 0.413 e. The summed E-state index contributed by atoms with van der Waals surface area (Å²) in [5, 5.41) is 16.2. The van der Waals surface area contributed by atoms with Gasteiger partial charge in [0.2, 0.25) is 0 Å². The van der Waals surface area contributed by atoms with Crippen molar-refractivity contribution in [1.29, 1.82) is 0 Å². The summed E-state index contributed by atoms with van der Waals surface area (Å²) in [5.74, 6) is -1.07. The molecule has 38 heavy (non-hydrogen) atoms. The summed E-state index contributed by atoms with van der Waals surface area (Å²) in [4.78, 5) is 25.5. The van der Waals surface area contributed by atoms with E-state index in [1.54, 1.807) is 35.3 Å². The van der Waals surface area contributed by atoms with Gasteiger partial charge in [0, 0.05) is 26.2 Å². The quantitative estimate of drug-likeness (QED) is 0.220. The highest BCUT2D eigenvalue weighted by Gasteiger charge is 2.20. The van der Waals surface area contributed by atoms with E-state index in [1.807, 2.05) is 56.3 Å². The molecule has 5 aromatic rings. The van der Waals surface area contributed by atoms with Crippen molar-refractivity contribution < 1.29 is 23.8 Å². The molecule has 0 unspecified atom stereocenters. The molecule has 0 saturated heterocycles. The van der Waals surface area contributed by atoms with Crippen molar-refractivity contribution in [2.24, 2.45) is 7.05 Å². The zero-order valence-corrected chi connectivity index (χ0v) is 22.5. The summed E-state index contributed by atoms with van der Waals surface area (Å²) in [5.41, 5.74) is 3.40. The van der Waals surface area contributed by atoms with E-state index in [9.17, 15) is 14.0 Å². The van der Waals surface area contributed by atoms with Crippen LogP contribution in [-0.2, 0) is 23.0 Å². The lowest BCUT2D eigenvalue weighted by Crippen LogP contribution is -2.18. The van der Waals surface area contributed by atoms with Crippen molar-refractivity contribution in [2.45, 2.75) is 26.4 Å². The Morgan fingerprint density at radius 3 is 2.39 bits per heavy atom. The summed E-state index contributed by atoms with van der Waals surface area (Å²) in [6.45, 7) is 3.67. The molecule has 0 aliphatic carbocycles. The average Bonchev–Trinajstić information content (AvgIpc) is 3.55. The number of carbonyl (C=O) groups is 2. The Labute approximate surface area is 226 Å². The molecule has 0 aliphatic rings. The summed E-state index contributed by atoms with van der Waals surface area (Å²) in [6.07, 6.45) is 0.365. The number of benzene rings is 2. The number of anilines is 1. The predicted octanol–water partition coefficient (Wildman–Crippen LogP) is 7.41. The summed E-state index contributed by atoms with van der Waals surface area (Å²) in [6, 6.07) is 16.5. The van der Waals surface area contributed by atoms with Crippen LogP contribution in [0.4, 0.5) is 15.0 Å². The molecule has 1 atom stereocenters. The molecule has 10 heteroatoms. The molecule has 3 heterocycles. The van der Waals surface area contributed by atoms with Crippen molar-refractivity contribution >= 4 is 50.0 Å². The van der Waals surface area contributed by atoms with E-state index in [-0.39, 0.29) is 12.0 Å². The molecule has 7 nitrogen and oxygen atoms in total. The molecule has 0 saturated carbocycles. The summed E-state index contributed by atoms with van der Waals surface area (Å²) < 4.78 is 23.8. The fraction of sp³-hybridized carbons (Fsp3) is 0.179. The number of aliphatic carboxylic acids is 1. The third-order valence-corrected chi connectivity index (χ3v) is 8.55. The normalized spacial score (nSPS) is 12.0. The third kappa shape index (κ3) is 5.18. The Balaban J connectivity index is 1.37. The first kappa shape index (κ1) is 25.6. The van der Waals surface area contributed by atoms with E-state index in [0.29, 0.717) is 5.82 Å². The summed E-state index contributed by atoms with van der Waals surface area (Å²) in [7, 11) is 1.75. The van der Waals surface area contributed by atoms with Crippen LogP contribution >= 0.6 is 22.7 Å². The fourth-order valence-electron chi connectivity index (χ4n) is 4.25. The number of carboxylic acid groups (broad SMARTS) is 1. The Morgan fingerprint density at radius 2 is 1.74 bits per heavy atom. The number of thiophene rings is 2. The molecule has 0 bridgehead atoms. The SMILES string of the molecule is Cc1cc(CC(=O)O)c(F)cc1-c1cc2sc(-c3cnn(C)c3NC(=O)O[C@H](C)c3ccccc3)cc2s1. The van der Waals surface area contributed by atoms with Gasteiger partial charge in [0.05, 0.1) is 18.2 Å². The molecule has 0 fully saturated rings. The first-order chi connectivity index (χ1) is 18.2. The molecule has 0 aliphatic heterocycles. The molecule has 2 N–H and O–H groups in total. The second kappa shape index (κ2) is 10.4. The Bertz CT molecular complexity index is 1620. The van der Waals surface area contributed by atoms with E-state index < -0.39 is 24.0 Å². The lowest BCUT2D eigenvalue weighted by molar-refractivity contribution is -0.136. The van der Waals surface area contributed by atoms with Gasteiger partial charge in [-0.3, -0.25) is 14.8 Å². The number of amides is 1. The van der Waals surface area contributed by atoms with Crippen LogP contribution in [0.2, 0.25) is 0 Å². The first-order valence-electron chi connectivity index (χ1n) is 11.8. The largest absolute Gasteiger partial charge is 0.481 e. The van der Waals surface area contributed by atoms with Gasteiger partial charge in [-0.25, -0.2) is 9.18 Å². The number of aryl methyl sites for hydroxylation is 2. The minimum absolute atomic E-state index is 0.174. The lowest BCUT2D eigenvalue weighted by atomic mass is 10.0. The molecule has 194 valence electrons. The van der Waals surface area contributed by atoms with E-state index >= 15 is 0 Å². The molecule has 5 rings (SSSR count).